The number of nitrogens with zero attached hydrogens (tertiary/aromatic N) is 1. The van der Waals surface area contributed by atoms with E-state index >= 15 is 0 Å². The second-order valence-corrected chi connectivity index (χ2v) is 14.9. The number of hydrogen-bond donors (Lipinski definition) is 0. The summed E-state index contributed by atoms with van der Waals surface area (Å²) in [6.45, 7) is 10.8. The van der Waals surface area contributed by atoms with E-state index in [-0.39, 0.29) is 37.8 Å². The number of unbranched alkanes of at least 4 members (excludes halogenated alkanes) is 18. The van der Waals surface area contributed by atoms with Gasteiger partial charge in [-0.1, -0.05) is 136 Å². The van der Waals surface area contributed by atoms with Crippen molar-refractivity contribution in [2.45, 2.75) is 188 Å². The van der Waals surface area contributed by atoms with Gasteiger partial charge in [0.25, 0.3) is 0 Å². The molecular weight excluding hydrogens is 630 g/mol. The molecule has 1 aliphatic rings. The monoisotopic (exact) mass is 711 g/mol. The topological polar surface area (TPSA) is 83.5 Å². The lowest BCUT2D eigenvalue weighted by atomic mass is 10.00. The molecule has 1 rings (SSSR count). The molecule has 0 aromatic heterocycles. The zero-order valence-electron chi connectivity index (χ0n) is 33.2. The van der Waals surface area contributed by atoms with Crippen LogP contribution in [0, 0.1) is 18.3 Å². The Hall–Kier alpha value is -1.38. The average molecular weight is 711 g/mol. The third kappa shape index (κ3) is 29.2. The standard InChI is InChI=1S/C42H80NO7/c1-5-8-11-14-17-18-19-20-23-27-39(37-50-42(45)49-35-38-28-26-31-43(4)34-38)36-48-40(44)29-30-41(46-32-24-21-15-12-9-6-2)47-33-25-22-16-13-10-7-3/h5,38-39,41H,6-37H2,1-4H3. The van der Waals surface area contributed by atoms with Crippen molar-refractivity contribution in [1.29, 1.82) is 0 Å². The summed E-state index contributed by atoms with van der Waals surface area (Å²) >= 11 is 0. The second-order valence-electron chi connectivity index (χ2n) is 14.9. The van der Waals surface area contributed by atoms with E-state index in [2.05, 4.69) is 39.1 Å². The van der Waals surface area contributed by atoms with E-state index in [9.17, 15) is 9.59 Å². The molecule has 8 nitrogen and oxygen atoms in total. The summed E-state index contributed by atoms with van der Waals surface area (Å²) in [6.07, 6.45) is 29.2. The lowest BCUT2D eigenvalue weighted by molar-refractivity contribution is -0.160. The first-order valence-electron chi connectivity index (χ1n) is 21.1. The quantitative estimate of drug-likeness (QED) is 0.0365. The molecule has 0 aromatic carbocycles. The summed E-state index contributed by atoms with van der Waals surface area (Å²) in [5.74, 6) is 0.0577. The van der Waals surface area contributed by atoms with Crippen LogP contribution in [-0.2, 0) is 28.5 Å². The lowest BCUT2D eigenvalue weighted by Crippen LogP contribution is -2.34. The van der Waals surface area contributed by atoms with Gasteiger partial charge in [0, 0.05) is 38.0 Å². The molecule has 2 atom stereocenters. The fourth-order valence-corrected chi connectivity index (χ4v) is 6.63. The summed E-state index contributed by atoms with van der Waals surface area (Å²) < 4.78 is 29.0. The molecule has 2 unspecified atom stereocenters. The van der Waals surface area contributed by atoms with Gasteiger partial charge in [0.1, 0.15) is 6.61 Å². The third-order valence-electron chi connectivity index (χ3n) is 9.87. The fourth-order valence-electron chi connectivity index (χ4n) is 6.63. The smallest absolute Gasteiger partial charge is 0.465 e. The Balaban J connectivity index is 2.51. The molecule has 50 heavy (non-hydrogen) atoms. The van der Waals surface area contributed by atoms with E-state index in [0.717, 1.165) is 58.0 Å². The van der Waals surface area contributed by atoms with Gasteiger partial charge >= 0.3 is 12.1 Å². The fraction of sp³-hybridized carbons (Fsp3) is 0.929. The van der Waals surface area contributed by atoms with Crippen molar-refractivity contribution in [2.75, 3.05) is 53.2 Å². The zero-order chi connectivity index (χ0) is 36.3. The minimum atomic E-state index is -0.619. The Kier molecular flexibility index (Phi) is 32.4. The minimum Gasteiger partial charge on any atom is -0.465 e. The van der Waals surface area contributed by atoms with E-state index in [1.165, 1.54) is 103 Å². The lowest BCUT2D eigenvalue weighted by Gasteiger charge is -2.29. The number of hydrogen-bond acceptors (Lipinski definition) is 8. The number of carbonyl (C=O) groups excluding carboxylic acids is 2. The maximum atomic E-state index is 12.9. The SMILES string of the molecule is C[CH]CCCCCCCCCC(COC(=O)CCC(OCCCCCCCC)OCCCCCCCC)COC(=O)OCC1CCCN(C)C1. The van der Waals surface area contributed by atoms with E-state index < -0.39 is 6.16 Å². The summed E-state index contributed by atoms with van der Waals surface area (Å²) in [5.41, 5.74) is 0. The van der Waals surface area contributed by atoms with Crippen LogP contribution in [0.2, 0.25) is 0 Å². The summed E-state index contributed by atoms with van der Waals surface area (Å²) in [5, 5.41) is 0. The van der Waals surface area contributed by atoms with E-state index in [0.29, 0.717) is 32.2 Å². The van der Waals surface area contributed by atoms with Crippen LogP contribution in [0.5, 0.6) is 0 Å². The van der Waals surface area contributed by atoms with Gasteiger partial charge in [-0.2, -0.15) is 0 Å². The summed E-state index contributed by atoms with van der Waals surface area (Å²) in [7, 11) is 2.11. The van der Waals surface area contributed by atoms with Crippen molar-refractivity contribution < 1.29 is 33.3 Å². The van der Waals surface area contributed by atoms with Gasteiger partial charge in [-0.3, -0.25) is 4.79 Å². The highest BCUT2D eigenvalue weighted by atomic mass is 16.7. The molecule has 1 fully saturated rings. The molecular formula is C42H80NO7. The predicted molar refractivity (Wildman–Crippen MR) is 205 cm³/mol. The van der Waals surface area contributed by atoms with Gasteiger partial charge in [0.15, 0.2) is 6.29 Å². The van der Waals surface area contributed by atoms with Crippen LogP contribution < -0.4 is 0 Å². The Morgan fingerprint density at radius 2 is 1.26 bits per heavy atom. The molecule has 1 saturated heterocycles. The van der Waals surface area contributed by atoms with Gasteiger partial charge in [-0.05, 0) is 52.1 Å². The van der Waals surface area contributed by atoms with Crippen LogP contribution in [-0.4, -0.2) is 76.5 Å². The first-order valence-corrected chi connectivity index (χ1v) is 21.1. The Bertz CT molecular complexity index is 748. The first-order chi connectivity index (χ1) is 24.5. The number of likely N-dealkylation sites (tertiary alicyclic amines) is 1. The van der Waals surface area contributed by atoms with Crippen molar-refractivity contribution in [2.24, 2.45) is 11.8 Å². The predicted octanol–water partition coefficient (Wildman–Crippen LogP) is 11.2. The van der Waals surface area contributed by atoms with E-state index in [1.54, 1.807) is 0 Å². The average Bonchev–Trinajstić information content (AvgIpc) is 3.11. The number of carbonyl (C=O) groups is 2. The van der Waals surface area contributed by atoms with Crippen molar-refractivity contribution in [3.05, 3.63) is 6.42 Å². The van der Waals surface area contributed by atoms with E-state index in [1.807, 2.05) is 0 Å². The molecule has 295 valence electrons. The maximum absolute atomic E-state index is 12.9. The Labute approximate surface area is 308 Å². The molecule has 0 saturated carbocycles. The van der Waals surface area contributed by atoms with Gasteiger partial charge in [-0.15, -0.1) is 0 Å². The van der Waals surface area contributed by atoms with Gasteiger partial charge in [0.2, 0.25) is 0 Å². The molecule has 1 aliphatic heterocycles. The van der Waals surface area contributed by atoms with Gasteiger partial charge < -0.3 is 28.6 Å². The van der Waals surface area contributed by atoms with Gasteiger partial charge in [-0.25, -0.2) is 4.79 Å². The molecule has 0 bridgehead atoms. The third-order valence-corrected chi connectivity index (χ3v) is 9.87. The van der Waals surface area contributed by atoms with Crippen molar-refractivity contribution in [3.63, 3.8) is 0 Å². The van der Waals surface area contributed by atoms with E-state index in [4.69, 9.17) is 23.7 Å². The van der Waals surface area contributed by atoms with Crippen LogP contribution in [0.15, 0.2) is 0 Å². The molecule has 0 aliphatic carbocycles. The maximum Gasteiger partial charge on any atom is 0.508 e. The van der Waals surface area contributed by atoms with Crippen molar-refractivity contribution in [3.8, 4) is 0 Å². The summed E-state index contributed by atoms with van der Waals surface area (Å²) in [4.78, 5) is 27.6. The van der Waals surface area contributed by atoms with Crippen LogP contribution >= 0.6 is 0 Å². The van der Waals surface area contributed by atoms with Crippen LogP contribution in [0.1, 0.15) is 181 Å². The summed E-state index contributed by atoms with van der Waals surface area (Å²) in [6, 6.07) is 0. The van der Waals surface area contributed by atoms with Crippen LogP contribution in [0.3, 0.4) is 0 Å². The van der Waals surface area contributed by atoms with Gasteiger partial charge in [0.05, 0.1) is 19.6 Å². The zero-order valence-corrected chi connectivity index (χ0v) is 33.2. The second kappa shape index (κ2) is 34.7. The number of rotatable bonds is 35. The minimum absolute atomic E-state index is 0.0453. The van der Waals surface area contributed by atoms with Crippen molar-refractivity contribution in [1.82, 2.24) is 4.90 Å². The first kappa shape index (κ1) is 46.6. The Morgan fingerprint density at radius 1 is 0.700 bits per heavy atom. The van der Waals surface area contributed by atoms with Crippen LogP contribution in [0.4, 0.5) is 4.79 Å². The molecule has 0 aromatic rings. The normalized spacial score (nSPS) is 15.7. The highest BCUT2D eigenvalue weighted by Gasteiger charge is 2.21. The molecule has 0 spiro atoms. The number of piperidine rings is 1. The number of ether oxygens (including phenoxy) is 5. The molecule has 0 N–H and O–H groups in total. The molecule has 0 amide bonds. The largest absolute Gasteiger partial charge is 0.508 e. The van der Waals surface area contributed by atoms with Crippen molar-refractivity contribution >= 4 is 12.1 Å². The molecule has 1 radical (unpaired) electrons. The molecule has 8 heteroatoms. The van der Waals surface area contributed by atoms with Crippen LogP contribution in [0.25, 0.3) is 0 Å². The molecule has 1 heterocycles. The Morgan fingerprint density at radius 3 is 1.86 bits per heavy atom. The highest BCUT2D eigenvalue weighted by Crippen LogP contribution is 2.18. The number of esters is 1. The highest BCUT2D eigenvalue weighted by molar-refractivity contribution is 5.69.